The highest BCUT2D eigenvalue weighted by atomic mass is 19.1. The number of rotatable bonds is 6. The Morgan fingerprint density at radius 3 is 2.52 bits per heavy atom. The molecule has 0 radical (unpaired) electrons. The van der Waals surface area contributed by atoms with Gasteiger partial charge < -0.3 is 15.1 Å². The maximum atomic E-state index is 13.6. The number of allylic oxidation sites excluding steroid dienone is 3. The summed E-state index contributed by atoms with van der Waals surface area (Å²) in [5.41, 5.74) is 1.91. The Bertz CT molecular complexity index is 1080. The van der Waals surface area contributed by atoms with Gasteiger partial charge in [0.05, 0.1) is 23.8 Å². The summed E-state index contributed by atoms with van der Waals surface area (Å²) in [5.74, 6) is 4.25. The van der Waals surface area contributed by atoms with Gasteiger partial charge in [0, 0.05) is 6.08 Å². The minimum absolute atomic E-state index is 0.115. The number of aromatic hydroxyl groups is 1. The molecule has 1 fully saturated rings. The standard InChI is InChI=1S/C25H21F2NO3/c26-18-2-1-3-20(11-10-18)28-24(17-6-12-21(29)13-7-17)22(25(28)31)14-15-23(30)16-4-8-19(27)9-5-16/h3-13,18,22-24,29-30H,14-15H2/t18?,22-,23+,24-/m1/s1. The number of β-lactam (4-membered cyclic amide) rings is 1. The van der Waals surface area contributed by atoms with Crippen LogP contribution in [0.5, 0.6) is 5.75 Å². The molecular formula is C25H21F2NO3. The van der Waals surface area contributed by atoms with E-state index in [2.05, 4.69) is 11.8 Å². The summed E-state index contributed by atoms with van der Waals surface area (Å²) in [6, 6.07) is 11.9. The molecule has 4 nitrogen and oxygen atoms in total. The van der Waals surface area contributed by atoms with Crippen LogP contribution in [0.3, 0.4) is 0 Å². The minimum atomic E-state index is -1.39. The van der Waals surface area contributed by atoms with Crippen LogP contribution in [0.25, 0.3) is 0 Å². The molecule has 1 aliphatic carbocycles. The summed E-state index contributed by atoms with van der Waals surface area (Å²) in [6.07, 6.45) is 2.88. The van der Waals surface area contributed by atoms with Crippen molar-refractivity contribution >= 4 is 5.91 Å². The summed E-state index contributed by atoms with van der Waals surface area (Å²) in [7, 11) is 0. The van der Waals surface area contributed by atoms with E-state index in [-0.39, 0.29) is 23.5 Å². The molecule has 4 rings (SSSR count). The zero-order chi connectivity index (χ0) is 22.0. The normalized spacial score (nSPS) is 23.3. The minimum Gasteiger partial charge on any atom is -0.508 e. The lowest BCUT2D eigenvalue weighted by atomic mass is 9.78. The SMILES string of the molecule is O=C1[C@H](CC[C@H](O)c2ccc(F)cc2)[C@@H](c2ccc(O)cc2)N1C1=CC#CC(F)C=C1. The van der Waals surface area contributed by atoms with Crippen LogP contribution in [-0.2, 0) is 4.79 Å². The Morgan fingerprint density at radius 1 is 1.10 bits per heavy atom. The number of aliphatic hydroxyl groups excluding tert-OH is 1. The van der Waals surface area contributed by atoms with Crippen molar-refractivity contribution in [1.29, 1.82) is 0 Å². The van der Waals surface area contributed by atoms with Gasteiger partial charge in [-0.2, -0.15) is 0 Å². The number of benzene rings is 2. The first kappa shape index (κ1) is 20.8. The highest BCUT2D eigenvalue weighted by Crippen LogP contribution is 2.46. The second-order valence-corrected chi connectivity index (χ2v) is 7.61. The second kappa shape index (κ2) is 8.75. The molecule has 2 aliphatic rings. The predicted molar refractivity (Wildman–Crippen MR) is 112 cm³/mol. The molecule has 2 aromatic rings. The molecule has 2 aromatic carbocycles. The zero-order valence-electron chi connectivity index (χ0n) is 16.6. The van der Waals surface area contributed by atoms with Gasteiger partial charge in [0.25, 0.3) is 0 Å². The number of aliphatic hydroxyl groups is 1. The summed E-state index contributed by atoms with van der Waals surface area (Å²) in [5, 5.41) is 20.1. The van der Waals surface area contributed by atoms with Gasteiger partial charge in [-0.25, -0.2) is 8.78 Å². The van der Waals surface area contributed by atoms with Gasteiger partial charge in [-0.1, -0.05) is 36.1 Å². The Balaban J connectivity index is 1.55. The molecule has 0 bridgehead atoms. The quantitative estimate of drug-likeness (QED) is 0.539. The highest BCUT2D eigenvalue weighted by Gasteiger charge is 2.48. The molecule has 1 saturated heterocycles. The van der Waals surface area contributed by atoms with Crippen molar-refractivity contribution in [3.05, 3.63) is 89.4 Å². The predicted octanol–water partition coefficient (Wildman–Crippen LogP) is 4.34. The van der Waals surface area contributed by atoms with Crippen LogP contribution in [-0.4, -0.2) is 27.2 Å². The number of carbonyl (C=O) groups is 1. The van der Waals surface area contributed by atoms with Crippen LogP contribution in [0.2, 0.25) is 0 Å². The summed E-state index contributed by atoms with van der Waals surface area (Å²) in [6.45, 7) is 0. The van der Waals surface area contributed by atoms with Crippen LogP contribution in [0, 0.1) is 23.6 Å². The molecule has 1 unspecified atom stereocenters. The number of likely N-dealkylation sites (tertiary alicyclic amines) is 1. The van der Waals surface area contributed by atoms with Crippen molar-refractivity contribution in [3.8, 4) is 17.6 Å². The first-order chi connectivity index (χ1) is 14.9. The smallest absolute Gasteiger partial charge is 0.233 e. The Kier molecular flexibility index (Phi) is 5.88. The summed E-state index contributed by atoms with van der Waals surface area (Å²) < 4.78 is 26.7. The van der Waals surface area contributed by atoms with E-state index in [9.17, 15) is 23.8 Å². The van der Waals surface area contributed by atoms with Gasteiger partial charge in [-0.05, 0) is 60.4 Å². The van der Waals surface area contributed by atoms with E-state index >= 15 is 0 Å². The molecule has 31 heavy (non-hydrogen) atoms. The van der Waals surface area contributed by atoms with Crippen LogP contribution < -0.4 is 0 Å². The average Bonchev–Trinajstić information content (AvgIpc) is 2.97. The number of amides is 1. The number of carbonyl (C=O) groups excluding carboxylic acids is 1. The monoisotopic (exact) mass is 421 g/mol. The van der Waals surface area contributed by atoms with Crippen molar-refractivity contribution in [2.24, 2.45) is 5.92 Å². The number of halogens is 2. The summed E-state index contributed by atoms with van der Waals surface area (Å²) >= 11 is 0. The number of nitrogens with zero attached hydrogens (tertiary/aromatic N) is 1. The van der Waals surface area contributed by atoms with Gasteiger partial charge in [-0.3, -0.25) is 4.79 Å². The van der Waals surface area contributed by atoms with Gasteiger partial charge in [0.2, 0.25) is 5.91 Å². The Labute approximate surface area is 179 Å². The van der Waals surface area contributed by atoms with E-state index in [1.807, 2.05) is 0 Å². The molecule has 4 atom stereocenters. The average molecular weight is 421 g/mol. The van der Waals surface area contributed by atoms with E-state index in [0.29, 0.717) is 24.1 Å². The molecule has 1 heterocycles. The molecule has 0 aromatic heterocycles. The molecule has 6 heteroatoms. The van der Waals surface area contributed by atoms with Gasteiger partial charge in [0.15, 0.2) is 6.17 Å². The fourth-order valence-corrected chi connectivity index (χ4v) is 3.98. The summed E-state index contributed by atoms with van der Waals surface area (Å²) in [4.78, 5) is 14.6. The van der Waals surface area contributed by atoms with Gasteiger partial charge >= 0.3 is 0 Å². The molecular weight excluding hydrogens is 400 g/mol. The Morgan fingerprint density at radius 2 is 1.81 bits per heavy atom. The maximum Gasteiger partial charge on any atom is 0.233 e. The lowest BCUT2D eigenvalue weighted by molar-refractivity contribution is -0.153. The van der Waals surface area contributed by atoms with E-state index in [1.54, 1.807) is 29.2 Å². The third-order valence-electron chi connectivity index (χ3n) is 5.61. The molecule has 0 spiro atoms. The molecule has 2 N–H and O–H groups in total. The van der Waals surface area contributed by atoms with Gasteiger partial charge in [-0.15, -0.1) is 0 Å². The molecule has 0 saturated carbocycles. The lowest BCUT2D eigenvalue weighted by Crippen LogP contribution is -2.53. The highest BCUT2D eigenvalue weighted by molar-refractivity contribution is 5.89. The molecule has 1 aliphatic heterocycles. The van der Waals surface area contributed by atoms with Crippen molar-refractivity contribution in [1.82, 2.24) is 4.90 Å². The van der Waals surface area contributed by atoms with Crippen molar-refractivity contribution in [2.45, 2.75) is 31.2 Å². The number of alkyl halides is 1. The fraction of sp³-hybridized carbons (Fsp3) is 0.240. The Hall–Kier alpha value is -3.43. The van der Waals surface area contributed by atoms with Crippen molar-refractivity contribution in [3.63, 3.8) is 0 Å². The molecule has 1 amide bonds. The zero-order valence-corrected chi connectivity index (χ0v) is 16.6. The number of hydrogen-bond acceptors (Lipinski definition) is 3. The molecule has 158 valence electrons. The van der Waals surface area contributed by atoms with E-state index in [0.717, 1.165) is 5.56 Å². The first-order valence-electron chi connectivity index (χ1n) is 10.0. The third kappa shape index (κ3) is 4.37. The second-order valence-electron chi connectivity index (χ2n) is 7.61. The van der Waals surface area contributed by atoms with Crippen LogP contribution in [0.1, 0.15) is 36.1 Å². The number of phenolic OH excluding ortho intramolecular Hbond substituents is 1. The van der Waals surface area contributed by atoms with Crippen molar-refractivity contribution in [2.75, 3.05) is 0 Å². The topological polar surface area (TPSA) is 60.8 Å². The first-order valence-corrected chi connectivity index (χ1v) is 10.0. The third-order valence-corrected chi connectivity index (χ3v) is 5.61. The maximum absolute atomic E-state index is 13.6. The van der Waals surface area contributed by atoms with Crippen LogP contribution >= 0.6 is 0 Å². The van der Waals surface area contributed by atoms with Crippen LogP contribution in [0.4, 0.5) is 8.78 Å². The van der Waals surface area contributed by atoms with Crippen LogP contribution in [0.15, 0.2) is 72.5 Å². The number of hydrogen-bond donors (Lipinski definition) is 2. The largest absolute Gasteiger partial charge is 0.508 e. The fourth-order valence-electron chi connectivity index (χ4n) is 3.98. The van der Waals surface area contributed by atoms with E-state index in [4.69, 9.17) is 0 Å². The lowest BCUT2D eigenvalue weighted by Gasteiger charge is -2.48. The number of phenols is 1. The van der Waals surface area contributed by atoms with Gasteiger partial charge in [0.1, 0.15) is 11.6 Å². The van der Waals surface area contributed by atoms with Crippen molar-refractivity contribution < 1.29 is 23.8 Å². The van der Waals surface area contributed by atoms with E-state index < -0.39 is 18.2 Å². The van der Waals surface area contributed by atoms with E-state index in [1.165, 1.54) is 42.5 Å².